The summed E-state index contributed by atoms with van der Waals surface area (Å²) < 4.78 is 2.23. The van der Waals surface area contributed by atoms with Gasteiger partial charge in [0.1, 0.15) is 0 Å². The highest BCUT2D eigenvalue weighted by molar-refractivity contribution is 5.98. The lowest BCUT2D eigenvalue weighted by atomic mass is 9.80. The molecule has 3 heteroatoms. The number of hydrogen-bond acceptors (Lipinski definition) is 2. The van der Waals surface area contributed by atoms with Crippen molar-refractivity contribution >= 4 is 16.5 Å². The second-order valence-corrected chi connectivity index (χ2v) is 6.19. The van der Waals surface area contributed by atoms with Crippen LogP contribution in [0.1, 0.15) is 11.1 Å². The summed E-state index contributed by atoms with van der Waals surface area (Å²) in [7, 11) is 4.30. The Morgan fingerprint density at radius 1 is 1.30 bits per heavy atom. The molecule has 3 nitrogen and oxygen atoms in total. The van der Waals surface area contributed by atoms with Crippen LogP contribution in [0.4, 0.5) is 0 Å². The molecule has 2 aromatic rings. The normalized spacial score (nSPS) is 25.6. The second kappa shape index (κ2) is 4.21. The van der Waals surface area contributed by atoms with Crippen LogP contribution < -0.4 is 0 Å². The molecule has 0 spiro atoms. The van der Waals surface area contributed by atoms with Crippen molar-refractivity contribution in [3.05, 3.63) is 41.6 Å². The summed E-state index contributed by atoms with van der Waals surface area (Å²) in [6.45, 7) is 1.18. The fourth-order valence-corrected chi connectivity index (χ4v) is 3.94. The Kier molecular flexibility index (Phi) is 2.56. The Hall–Kier alpha value is -1.58. The van der Waals surface area contributed by atoms with Crippen molar-refractivity contribution in [2.24, 2.45) is 13.0 Å². The fourth-order valence-electron chi connectivity index (χ4n) is 3.94. The van der Waals surface area contributed by atoms with E-state index in [1.54, 1.807) is 0 Å². The lowest BCUT2D eigenvalue weighted by Gasteiger charge is -2.39. The molecule has 0 saturated carbocycles. The maximum Gasteiger partial charge on any atom is 0.0506 e. The van der Waals surface area contributed by atoms with Crippen LogP contribution in [-0.2, 0) is 13.5 Å². The average Bonchev–Trinajstić information content (AvgIpc) is 2.78. The minimum absolute atomic E-state index is 0.234. The number of aliphatic hydroxyl groups is 1. The van der Waals surface area contributed by atoms with E-state index in [1.807, 2.05) is 0 Å². The number of nitrogens with zero attached hydrogens (tertiary/aromatic N) is 2. The minimum atomic E-state index is 0.234. The van der Waals surface area contributed by atoms with Gasteiger partial charge in [0.05, 0.1) is 6.61 Å². The van der Waals surface area contributed by atoms with Gasteiger partial charge < -0.3 is 9.67 Å². The molecule has 0 saturated heterocycles. The molecule has 0 amide bonds. The first-order valence-corrected chi connectivity index (χ1v) is 7.29. The summed E-state index contributed by atoms with van der Waals surface area (Å²) in [5.74, 6) is 0.256. The number of likely N-dealkylation sites (N-methyl/N-ethyl adjacent to an activating group) is 1. The van der Waals surface area contributed by atoms with Crippen LogP contribution in [0.25, 0.3) is 16.5 Å². The fraction of sp³-hybridized carbons (Fsp3) is 0.412. The van der Waals surface area contributed by atoms with Crippen molar-refractivity contribution in [2.75, 3.05) is 20.2 Å². The largest absolute Gasteiger partial charge is 0.396 e. The minimum Gasteiger partial charge on any atom is -0.396 e. The molecule has 1 aliphatic heterocycles. The SMILES string of the molecule is CN1C[C@@H](CO)C=C2c3cccc4c3c(cn4C)CC21. The Bertz CT molecular complexity index is 713. The van der Waals surface area contributed by atoms with Gasteiger partial charge in [-0.3, -0.25) is 4.90 Å². The van der Waals surface area contributed by atoms with Crippen LogP contribution in [0.2, 0.25) is 0 Å². The molecule has 20 heavy (non-hydrogen) atoms. The van der Waals surface area contributed by atoms with E-state index in [4.69, 9.17) is 0 Å². The molecular formula is C17H20N2O. The third-order valence-corrected chi connectivity index (χ3v) is 4.88. The van der Waals surface area contributed by atoms with E-state index in [-0.39, 0.29) is 12.5 Å². The van der Waals surface area contributed by atoms with E-state index >= 15 is 0 Å². The van der Waals surface area contributed by atoms with E-state index in [9.17, 15) is 5.11 Å². The second-order valence-electron chi connectivity index (χ2n) is 6.19. The molecule has 1 aromatic heterocycles. The van der Waals surface area contributed by atoms with Crippen LogP contribution >= 0.6 is 0 Å². The first kappa shape index (κ1) is 12.2. The van der Waals surface area contributed by atoms with Gasteiger partial charge in [0.2, 0.25) is 0 Å². The molecule has 1 aromatic carbocycles. The standard InChI is InChI=1S/C17H20N2O/c1-18-8-11(10-20)6-14-13-4-3-5-15-17(13)12(7-16(14)18)9-19(15)2/h3-6,9,11,16,20H,7-8,10H2,1-2H3/t11-,16?/m0/s1. The first-order valence-electron chi connectivity index (χ1n) is 7.29. The Labute approximate surface area is 119 Å². The number of aliphatic hydroxyl groups excluding tert-OH is 1. The quantitative estimate of drug-likeness (QED) is 0.857. The number of hydrogen-bond donors (Lipinski definition) is 1. The molecule has 4 rings (SSSR count). The smallest absolute Gasteiger partial charge is 0.0506 e. The van der Waals surface area contributed by atoms with Crippen LogP contribution in [0.3, 0.4) is 0 Å². The zero-order valence-electron chi connectivity index (χ0n) is 12.0. The molecule has 2 aliphatic rings. The van der Waals surface area contributed by atoms with Gasteiger partial charge in [0.15, 0.2) is 0 Å². The molecule has 1 aliphatic carbocycles. The predicted molar refractivity (Wildman–Crippen MR) is 81.6 cm³/mol. The lowest BCUT2D eigenvalue weighted by Crippen LogP contribution is -2.43. The third kappa shape index (κ3) is 1.54. The van der Waals surface area contributed by atoms with Crippen LogP contribution in [0.5, 0.6) is 0 Å². The highest BCUT2D eigenvalue weighted by Gasteiger charge is 2.33. The van der Waals surface area contributed by atoms with E-state index in [1.165, 1.54) is 27.6 Å². The van der Waals surface area contributed by atoms with Gasteiger partial charge in [-0.15, -0.1) is 0 Å². The van der Waals surface area contributed by atoms with Crippen molar-refractivity contribution in [1.82, 2.24) is 9.47 Å². The van der Waals surface area contributed by atoms with Gasteiger partial charge in [-0.1, -0.05) is 18.2 Å². The van der Waals surface area contributed by atoms with Gasteiger partial charge in [-0.05, 0) is 36.2 Å². The first-order chi connectivity index (χ1) is 9.69. The van der Waals surface area contributed by atoms with Crippen LogP contribution in [-0.4, -0.2) is 40.8 Å². The Morgan fingerprint density at radius 2 is 2.15 bits per heavy atom. The lowest BCUT2D eigenvalue weighted by molar-refractivity contribution is 0.181. The molecular weight excluding hydrogens is 248 g/mol. The number of rotatable bonds is 1. The van der Waals surface area contributed by atoms with Gasteiger partial charge in [0, 0.05) is 42.7 Å². The van der Waals surface area contributed by atoms with E-state index in [0.717, 1.165) is 13.0 Å². The van der Waals surface area contributed by atoms with Crippen molar-refractivity contribution in [2.45, 2.75) is 12.5 Å². The molecule has 1 N–H and O–H groups in total. The van der Waals surface area contributed by atoms with Crippen molar-refractivity contribution in [1.29, 1.82) is 0 Å². The topological polar surface area (TPSA) is 28.4 Å². The van der Waals surface area contributed by atoms with E-state index in [0.29, 0.717) is 6.04 Å². The summed E-state index contributed by atoms with van der Waals surface area (Å²) in [6.07, 6.45) is 5.65. The number of aryl methyl sites for hydroxylation is 1. The molecule has 104 valence electrons. The number of aromatic nitrogens is 1. The summed E-state index contributed by atoms with van der Waals surface area (Å²) in [6, 6.07) is 7.03. The predicted octanol–water partition coefficient (Wildman–Crippen LogP) is 2.04. The third-order valence-electron chi connectivity index (χ3n) is 4.88. The Morgan fingerprint density at radius 3 is 2.95 bits per heavy atom. The van der Waals surface area contributed by atoms with Gasteiger partial charge in [0.25, 0.3) is 0 Å². The monoisotopic (exact) mass is 268 g/mol. The Balaban J connectivity index is 1.99. The van der Waals surface area contributed by atoms with Crippen molar-refractivity contribution in [3.63, 3.8) is 0 Å². The molecule has 2 heterocycles. The molecule has 0 fully saturated rings. The van der Waals surface area contributed by atoms with Crippen LogP contribution in [0, 0.1) is 5.92 Å². The average molecular weight is 268 g/mol. The van der Waals surface area contributed by atoms with Gasteiger partial charge >= 0.3 is 0 Å². The molecule has 0 bridgehead atoms. The highest BCUT2D eigenvalue weighted by Crippen LogP contribution is 2.41. The zero-order chi connectivity index (χ0) is 13.9. The number of benzene rings is 1. The summed E-state index contributed by atoms with van der Waals surface area (Å²) in [4.78, 5) is 2.39. The zero-order valence-corrected chi connectivity index (χ0v) is 12.0. The molecule has 2 atom stereocenters. The highest BCUT2D eigenvalue weighted by atomic mass is 16.3. The van der Waals surface area contributed by atoms with Gasteiger partial charge in [-0.25, -0.2) is 0 Å². The van der Waals surface area contributed by atoms with E-state index in [2.05, 4.69) is 54.0 Å². The summed E-state index contributed by atoms with van der Waals surface area (Å²) in [5, 5.41) is 10.9. The number of fused-ring (bicyclic) bond motifs is 2. The van der Waals surface area contributed by atoms with Crippen molar-refractivity contribution < 1.29 is 5.11 Å². The summed E-state index contributed by atoms with van der Waals surface area (Å²) in [5.41, 5.74) is 5.53. The maximum absolute atomic E-state index is 9.52. The molecule has 0 radical (unpaired) electrons. The summed E-state index contributed by atoms with van der Waals surface area (Å²) >= 11 is 0. The van der Waals surface area contributed by atoms with Crippen LogP contribution in [0.15, 0.2) is 30.5 Å². The van der Waals surface area contributed by atoms with E-state index < -0.39 is 0 Å². The van der Waals surface area contributed by atoms with Crippen molar-refractivity contribution in [3.8, 4) is 0 Å². The van der Waals surface area contributed by atoms with Gasteiger partial charge in [-0.2, -0.15) is 0 Å². The molecule has 1 unspecified atom stereocenters. The maximum atomic E-state index is 9.52.